The van der Waals surface area contributed by atoms with Gasteiger partial charge in [0, 0.05) is 25.7 Å². The zero-order chi connectivity index (χ0) is 15.3. The number of fused-ring (bicyclic) bond motifs is 1. The molecular weight excluding hydrogens is 296 g/mol. The third-order valence-electron chi connectivity index (χ3n) is 3.83. The zero-order valence-electron chi connectivity index (χ0n) is 11.1. The van der Waals surface area contributed by atoms with E-state index < -0.39 is 17.1 Å². The molecule has 0 N–H and O–H groups in total. The summed E-state index contributed by atoms with van der Waals surface area (Å²) in [7, 11) is 1.41. The Bertz CT molecular complexity index is 700. The van der Waals surface area contributed by atoms with Crippen molar-refractivity contribution in [3.63, 3.8) is 0 Å². The molecule has 0 radical (unpaired) electrons. The highest BCUT2D eigenvalue weighted by molar-refractivity contribution is 6.64. The van der Waals surface area contributed by atoms with Crippen molar-refractivity contribution < 1.29 is 19.2 Å². The molecule has 0 saturated carbocycles. The summed E-state index contributed by atoms with van der Waals surface area (Å²) in [5.41, 5.74) is 1.09. The van der Waals surface area contributed by atoms with Gasteiger partial charge in [0.1, 0.15) is 0 Å². The second-order valence-corrected chi connectivity index (χ2v) is 5.48. The van der Waals surface area contributed by atoms with Gasteiger partial charge in [0.15, 0.2) is 0 Å². The molecule has 1 saturated heterocycles. The van der Waals surface area contributed by atoms with Gasteiger partial charge in [0.2, 0.25) is 11.1 Å². The van der Waals surface area contributed by atoms with E-state index in [-0.39, 0.29) is 30.3 Å². The topological polar surface area (TPSA) is 74.8 Å². The van der Waals surface area contributed by atoms with Gasteiger partial charge in [-0.1, -0.05) is 0 Å². The molecule has 7 heteroatoms. The normalized spacial score (nSPS) is 21.2. The Morgan fingerprint density at radius 2 is 1.86 bits per heavy atom. The second-order valence-electron chi connectivity index (χ2n) is 5.11. The summed E-state index contributed by atoms with van der Waals surface area (Å²) in [6.07, 6.45) is 0.0617. The van der Waals surface area contributed by atoms with Gasteiger partial charge in [0.05, 0.1) is 17.0 Å². The SMILES string of the molecule is CN1C(=O)c2ccc(N3C[C@@H](C(=O)Cl)CC3=O)cc2C1=O. The quantitative estimate of drug-likeness (QED) is 0.604. The number of nitrogens with zero attached hydrogens (tertiary/aromatic N) is 2. The molecule has 0 aromatic heterocycles. The van der Waals surface area contributed by atoms with E-state index in [9.17, 15) is 19.2 Å². The first kappa shape index (κ1) is 13.8. The van der Waals surface area contributed by atoms with Gasteiger partial charge in [-0.25, -0.2) is 0 Å². The Kier molecular flexibility index (Phi) is 3.06. The molecule has 1 atom stereocenters. The van der Waals surface area contributed by atoms with Crippen molar-refractivity contribution in [1.82, 2.24) is 4.90 Å². The van der Waals surface area contributed by atoms with Crippen LogP contribution in [0.4, 0.5) is 5.69 Å². The predicted molar refractivity (Wildman–Crippen MR) is 74.2 cm³/mol. The molecule has 21 heavy (non-hydrogen) atoms. The van der Waals surface area contributed by atoms with E-state index in [1.165, 1.54) is 24.1 Å². The summed E-state index contributed by atoms with van der Waals surface area (Å²) in [5, 5.41) is -0.544. The molecule has 0 aliphatic carbocycles. The number of anilines is 1. The first-order chi connectivity index (χ1) is 9.90. The maximum absolute atomic E-state index is 12.0. The van der Waals surface area contributed by atoms with Crippen LogP contribution in [0, 0.1) is 5.92 Å². The summed E-state index contributed by atoms with van der Waals surface area (Å²) in [5.74, 6) is -1.51. The van der Waals surface area contributed by atoms with E-state index in [2.05, 4.69) is 0 Å². The first-order valence-corrected chi connectivity index (χ1v) is 6.74. The lowest BCUT2D eigenvalue weighted by Crippen LogP contribution is -2.25. The number of hydrogen-bond acceptors (Lipinski definition) is 4. The first-order valence-electron chi connectivity index (χ1n) is 6.36. The van der Waals surface area contributed by atoms with E-state index in [1.807, 2.05) is 0 Å². The number of carbonyl (C=O) groups excluding carboxylic acids is 4. The van der Waals surface area contributed by atoms with Crippen molar-refractivity contribution in [3.8, 4) is 0 Å². The van der Waals surface area contributed by atoms with Crippen LogP contribution in [0.3, 0.4) is 0 Å². The van der Waals surface area contributed by atoms with Crippen LogP contribution in [0.25, 0.3) is 0 Å². The Hall–Kier alpha value is -2.21. The number of rotatable bonds is 2. The highest BCUT2D eigenvalue weighted by Gasteiger charge is 2.37. The lowest BCUT2D eigenvalue weighted by atomic mass is 10.1. The lowest BCUT2D eigenvalue weighted by Gasteiger charge is -2.16. The Morgan fingerprint density at radius 1 is 1.19 bits per heavy atom. The van der Waals surface area contributed by atoms with E-state index in [0.29, 0.717) is 11.3 Å². The molecule has 2 aliphatic rings. The van der Waals surface area contributed by atoms with Gasteiger partial charge in [-0.15, -0.1) is 0 Å². The molecule has 2 aliphatic heterocycles. The highest BCUT2D eigenvalue weighted by Crippen LogP contribution is 2.30. The van der Waals surface area contributed by atoms with Crippen molar-refractivity contribution >= 4 is 40.3 Å². The smallest absolute Gasteiger partial charge is 0.261 e. The number of amides is 3. The maximum Gasteiger partial charge on any atom is 0.261 e. The minimum Gasteiger partial charge on any atom is -0.312 e. The van der Waals surface area contributed by atoms with Crippen molar-refractivity contribution in [2.45, 2.75) is 6.42 Å². The minimum atomic E-state index is -0.544. The average Bonchev–Trinajstić information content (AvgIpc) is 2.94. The minimum absolute atomic E-state index is 0.0617. The fourth-order valence-electron chi connectivity index (χ4n) is 2.63. The Balaban J connectivity index is 1.96. The summed E-state index contributed by atoms with van der Waals surface area (Å²) >= 11 is 5.43. The van der Waals surface area contributed by atoms with Crippen molar-refractivity contribution in [2.24, 2.45) is 5.92 Å². The molecule has 6 nitrogen and oxygen atoms in total. The highest BCUT2D eigenvalue weighted by atomic mass is 35.5. The van der Waals surface area contributed by atoms with E-state index in [0.717, 1.165) is 4.90 Å². The van der Waals surface area contributed by atoms with Crippen molar-refractivity contribution in [3.05, 3.63) is 29.3 Å². The molecule has 0 spiro atoms. The van der Waals surface area contributed by atoms with Gasteiger partial charge < -0.3 is 4.90 Å². The van der Waals surface area contributed by atoms with Crippen LogP contribution in [0.15, 0.2) is 18.2 Å². The summed E-state index contributed by atoms with van der Waals surface area (Å²) in [6, 6.07) is 4.64. The molecule has 1 aromatic carbocycles. The van der Waals surface area contributed by atoms with Crippen LogP contribution in [-0.4, -0.2) is 41.5 Å². The fraction of sp³-hybridized carbons (Fsp3) is 0.286. The Morgan fingerprint density at radius 3 is 2.48 bits per heavy atom. The number of benzene rings is 1. The van der Waals surface area contributed by atoms with Crippen molar-refractivity contribution in [2.75, 3.05) is 18.5 Å². The number of halogens is 1. The van der Waals surface area contributed by atoms with Crippen LogP contribution in [0.5, 0.6) is 0 Å². The number of carbonyl (C=O) groups is 4. The van der Waals surface area contributed by atoms with Crippen LogP contribution >= 0.6 is 11.6 Å². The zero-order valence-corrected chi connectivity index (χ0v) is 11.9. The molecule has 108 valence electrons. The monoisotopic (exact) mass is 306 g/mol. The van der Waals surface area contributed by atoms with Gasteiger partial charge in [0.25, 0.3) is 11.8 Å². The third-order valence-corrected chi connectivity index (χ3v) is 4.14. The molecular formula is C14H11ClN2O4. The van der Waals surface area contributed by atoms with Gasteiger partial charge in [-0.05, 0) is 29.8 Å². The van der Waals surface area contributed by atoms with Gasteiger partial charge in [-0.3, -0.25) is 24.1 Å². The third kappa shape index (κ3) is 2.03. The molecule has 3 amide bonds. The summed E-state index contributed by atoms with van der Waals surface area (Å²) in [6.45, 7) is 0.192. The van der Waals surface area contributed by atoms with E-state index in [1.54, 1.807) is 6.07 Å². The van der Waals surface area contributed by atoms with Crippen LogP contribution in [0.2, 0.25) is 0 Å². The summed E-state index contributed by atoms with van der Waals surface area (Å²) < 4.78 is 0. The fourth-order valence-corrected chi connectivity index (χ4v) is 2.77. The van der Waals surface area contributed by atoms with Crippen LogP contribution < -0.4 is 4.90 Å². The van der Waals surface area contributed by atoms with E-state index >= 15 is 0 Å². The standard InChI is InChI=1S/C14H11ClN2O4/c1-16-13(20)9-3-2-8(5-10(9)14(16)21)17-6-7(12(15)19)4-11(17)18/h2-3,5,7H,4,6H2,1H3/t7-/m0/s1. The average molecular weight is 307 g/mol. The molecule has 0 unspecified atom stereocenters. The molecule has 1 aromatic rings. The molecule has 1 fully saturated rings. The maximum atomic E-state index is 12.0. The number of hydrogen-bond donors (Lipinski definition) is 0. The molecule has 0 bridgehead atoms. The molecule has 2 heterocycles. The second kappa shape index (κ2) is 4.66. The van der Waals surface area contributed by atoms with Crippen LogP contribution in [0.1, 0.15) is 27.1 Å². The predicted octanol–water partition coefficient (Wildman–Crippen LogP) is 1.03. The largest absolute Gasteiger partial charge is 0.312 e. The van der Waals surface area contributed by atoms with Gasteiger partial charge >= 0.3 is 0 Å². The molecule has 3 rings (SSSR count). The Labute approximate surface area is 125 Å². The van der Waals surface area contributed by atoms with E-state index in [4.69, 9.17) is 11.6 Å². The van der Waals surface area contributed by atoms with Gasteiger partial charge in [-0.2, -0.15) is 0 Å². The summed E-state index contributed by atoms with van der Waals surface area (Å²) in [4.78, 5) is 49.3. The van der Waals surface area contributed by atoms with Crippen molar-refractivity contribution in [1.29, 1.82) is 0 Å². The number of imide groups is 1. The van der Waals surface area contributed by atoms with Crippen LogP contribution in [-0.2, 0) is 9.59 Å². The lowest BCUT2D eigenvalue weighted by molar-refractivity contribution is -0.120.